The van der Waals surface area contributed by atoms with Crippen LogP contribution in [-0.2, 0) is 14.4 Å². The predicted molar refractivity (Wildman–Crippen MR) is 120 cm³/mol. The summed E-state index contributed by atoms with van der Waals surface area (Å²) in [5.74, 6) is -0.156. The number of hydrogen-bond donors (Lipinski definition) is 1. The third kappa shape index (κ3) is 3.49. The molecule has 1 saturated carbocycles. The van der Waals surface area contributed by atoms with Crippen LogP contribution in [0.5, 0.6) is 5.75 Å². The molecule has 2 aromatic carbocycles. The van der Waals surface area contributed by atoms with Crippen molar-refractivity contribution in [3.63, 3.8) is 0 Å². The van der Waals surface area contributed by atoms with E-state index in [0.29, 0.717) is 11.4 Å². The molecule has 0 radical (unpaired) electrons. The first-order valence-corrected chi connectivity index (χ1v) is 11.1. The molecule has 2 fully saturated rings. The summed E-state index contributed by atoms with van der Waals surface area (Å²) in [6, 6.07) is 15.8. The van der Waals surface area contributed by atoms with Gasteiger partial charge in [0.2, 0.25) is 17.7 Å². The number of rotatable bonds is 6. The van der Waals surface area contributed by atoms with Crippen molar-refractivity contribution in [3.05, 3.63) is 72.3 Å². The number of hydrogen-bond acceptors (Lipinski definition) is 4. The van der Waals surface area contributed by atoms with Crippen LogP contribution in [0.2, 0.25) is 0 Å². The molecule has 0 aromatic heterocycles. The maximum absolute atomic E-state index is 13.5. The highest BCUT2D eigenvalue weighted by molar-refractivity contribution is 6.07. The Kier molecular flexibility index (Phi) is 5.29. The van der Waals surface area contributed by atoms with Crippen molar-refractivity contribution >= 4 is 23.4 Å². The molecule has 0 unspecified atom stereocenters. The molecule has 6 nitrogen and oxygen atoms in total. The third-order valence-corrected chi connectivity index (χ3v) is 7.04. The SMILES string of the molecule is COc1ccc(NC(=O)C[C@H](c2ccccc2)N2C(=O)[C@H]3[C@H](C2=O)[C@H]2C=C[C@H]3CC2)cc1. The summed E-state index contributed by atoms with van der Waals surface area (Å²) in [4.78, 5) is 41.3. The number of nitrogens with one attached hydrogen (secondary N) is 1. The minimum absolute atomic E-state index is 0.00965. The predicted octanol–water partition coefficient (Wildman–Crippen LogP) is 3.96. The molecule has 5 atom stereocenters. The lowest BCUT2D eigenvalue weighted by Gasteiger charge is -2.38. The molecule has 1 N–H and O–H groups in total. The van der Waals surface area contributed by atoms with Gasteiger partial charge in [-0.05, 0) is 54.5 Å². The molecule has 3 aliphatic carbocycles. The Morgan fingerprint density at radius 3 is 2.09 bits per heavy atom. The number of ether oxygens (including phenoxy) is 1. The lowest BCUT2D eigenvalue weighted by atomic mass is 9.63. The maximum Gasteiger partial charge on any atom is 0.234 e. The minimum atomic E-state index is -0.626. The number of carbonyl (C=O) groups is 3. The van der Waals surface area contributed by atoms with E-state index in [1.165, 1.54) is 4.90 Å². The largest absolute Gasteiger partial charge is 0.497 e. The van der Waals surface area contributed by atoms with Crippen LogP contribution < -0.4 is 10.1 Å². The van der Waals surface area contributed by atoms with Crippen molar-refractivity contribution in [3.8, 4) is 5.75 Å². The van der Waals surface area contributed by atoms with Gasteiger partial charge in [0.1, 0.15) is 5.75 Å². The summed E-state index contributed by atoms with van der Waals surface area (Å²) in [5, 5.41) is 2.88. The van der Waals surface area contributed by atoms with Crippen LogP contribution in [-0.4, -0.2) is 29.7 Å². The summed E-state index contributed by atoms with van der Waals surface area (Å²) in [6.07, 6.45) is 6.12. The van der Waals surface area contributed by atoms with Gasteiger partial charge in [-0.3, -0.25) is 19.3 Å². The zero-order chi connectivity index (χ0) is 22.2. The Bertz CT molecular complexity index is 1030. The fourth-order valence-electron chi connectivity index (χ4n) is 5.50. The fraction of sp³-hybridized carbons (Fsp3) is 0.346. The molecule has 1 heterocycles. The molecule has 4 aliphatic rings. The number of allylic oxidation sites excluding steroid dienone is 2. The number of imide groups is 1. The van der Waals surface area contributed by atoms with E-state index < -0.39 is 6.04 Å². The van der Waals surface area contributed by atoms with E-state index in [1.807, 2.05) is 30.3 Å². The second-order valence-electron chi connectivity index (χ2n) is 8.80. The normalized spacial score (nSPS) is 26.7. The summed E-state index contributed by atoms with van der Waals surface area (Å²) < 4.78 is 5.16. The number of fused-ring (bicyclic) bond motifs is 1. The molecular weight excluding hydrogens is 404 g/mol. The van der Waals surface area contributed by atoms with Crippen LogP contribution in [0.3, 0.4) is 0 Å². The molecule has 2 bridgehead atoms. The van der Waals surface area contributed by atoms with Crippen LogP contribution in [0, 0.1) is 23.7 Å². The highest BCUT2D eigenvalue weighted by Crippen LogP contribution is 2.51. The van der Waals surface area contributed by atoms with Crippen molar-refractivity contribution in [2.24, 2.45) is 23.7 Å². The van der Waals surface area contributed by atoms with Gasteiger partial charge in [-0.2, -0.15) is 0 Å². The molecule has 164 valence electrons. The third-order valence-electron chi connectivity index (χ3n) is 7.04. The van der Waals surface area contributed by atoms with Crippen LogP contribution in [0.15, 0.2) is 66.7 Å². The van der Waals surface area contributed by atoms with Crippen LogP contribution in [0.25, 0.3) is 0 Å². The Morgan fingerprint density at radius 1 is 0.969 bits per heavy atom. The first-order valence-electron chi connectivity index (χ1n) is 11.1. The number of likely N-dealkylation sites (tertiary alicyclic amines) is 1. The lowest BCUT2D eigenvalue weighted by molar-refractivity contribution is -0.143. The number of benzene rings is 2. The van der Waals surface area contributed by atoms with Gasteiger partial charge in [-0.15, -0.1) is 0 Å². The molecule has 6 heteroatoms. The number of amides is 3. The maximum atomic E-state index is 13.5. The van der Waals surface area contributed by atoms with Crippen molar-refractivity contribution in [1.82, 2.24) is 4.90 Å². The molecular formula is C26H26N2O4. The van der Waals surface area contributed by atoms with Crippen LogP contribution in [0.1, 0.15) is 30.9 Å². The van der Waals surface area contributed by atoms with Gasteiger partial charge in [0.05, 0.1) is 31.4 Å². The Labute approximate surface area is 187 Å². The van der Waals surface area contributed by atoms with E-state index in [-0.39, 0.29) is 47.8 Å². The molecule has 1 aliphatic heterocycles. The van der Waals surface area contributed by atoms with E-state index in [2.05, 4.69) is 17.5 Å². The number of carbonyl (C=O) groups excluding carboxylic acids is 3. The van der Waals surface area contributed by atoms with Gasteiger partial charge < -0.3 is 10.1 Å². The number of anilines is 1. The first-order chi connectivity index (χ1) is 15.6. The summed E-state index contributed by atoms with van der Waals surface area (Å²) in [6.45, 7) is 0. The summed E-state index contributed by atoms with van der Waals surface area (Å²) in [5.41, 5.74) is 1.43. The van der Waals surface area contributed by atoms with E-state index in [4.69, 9.17) is 4.74 Å². The summed E-state index contributed by atoms with van der Waals surface area (Å²) in [7, 11) is 1.58. The zero-order valence-corrected chi connectivity index (χ0v) is 17.9. The van der Waals surface area contributed by atoms with Gasteiger partial charge in [0.25, 0.3) is 0 Å². The van der Waals surface area contributed by atoms with Gasteiger partial charge in [-0.1, -0.05) is 42.5 Å². The molecule has 6 rings (SSSR count). The van der Waals surface area contributed by atoms with Crippen LogP contribution >= 0.6 is 0 Å². The van der Waals surface area contributed by atoms with E-state index in [9.17, 15) is 14.4 Å². The van der Waals surface area contributed by atoms with Gasteiger partial charge >= 0.3 is 0 Å². The standard InChI is InChI=1S/C26H26N2O4/c1-32-20-13-11-19(12-14-20)27-22(29)15-21(16-5-3-2-4-6-16)28-25(30)23-17-7-8-18(10-9-17)24(23)26(28)31/h2-8,11-14,17-18,21,23-24H,9-10,15H2,1H3,(H,27,29)/t17-,18-,21+,23+,24+/m0/s1. The van der Waals surface area contributed by atoms with Crippen molar-refractivity contribution < 1.29 is 19.1 Å². The Hall–Kier alpha value is -3.41. The van der Waals surface area contributed by atoms with E-state index >= 15 is 0 Å². The highest BCUT2D eigenvalue weighted by atomic mass is 16.5. The van der Waals surface area contributed by atoms with Crippen molar-refractivity contribution in [2.75, 3.05) is 12.4 Å². The zero-order valence-electron chi connectivity index (χ0n) is 17.9. The average molecular weight is 431 g/mol. The van der Waals surface area contributed by atoms with Crippen molar-refractivity contribution in [1.29, 1.82) is 0 Å². The Morgan fingerprint density at radius 2 is 1.56 bits per heavy atom. The van der Waals surface area contributed by atoms with Gasteiger partial charge in [-0.25, -0.2) is 0 Å². The minimum Gasteiger partial charge on any atom is -0.497 e. The number of nitrogens with zero attached hydrogens (tertiary/aromatic N) is 1. The average Bonchev–Trinajstić information content (AvgIpc) is 3.11. The highest BCUT2D eigenvalue weighted by Gasteiger charge is 2.58. The molecule has 0 spiro atoms. The molecule has 2 aromatic rings. The molecule has 3 amide bonds. The quantitative estimate of drug-likeness (QED) is 0.556. The number of methoxy groups -OCH3 is 1. The van der Waals surface area contributed by atoms with Gasteiger partial charge in [0, 0.05) is 5.69 Å². The second kappa shape index (κ2) is 8.26. The fourth-order valence-corrected chi connectivity index (χ4v) is 5.50. The second-order valence-corrected chi connectivity index (χ2v) is 8.80. The lowest BCUT2D eigenvalue weighted by Crippen LogP contribution is -2.38. The molecule has 32 heavy (non-hydrogen) atoms. The molecule has 1 saturated heterocycles. The van der Waals surface area contributed by atoms with Crippen molar-refractivity contribution in [2.45, 2.75) is 25.3 Å². The summed E-state index contributed by atoms with van der Waals surface area (Å²) >= 11 is 0. The smallest absolute Gasteiger partial charge is 0.234 e. The topological polar surface area (TPSA) is 75.7 Å². The van der Waals surface area contributed by atoms with Crippen LogP contribution in [0.4, 0.5) is 5.69 Å². The Balaban J connectivity index is 1.41. The monoisotopic (exact) mass is 430 g/mol. The van der Waals surface area contributed by atoms with E-state index in [1.54, 1.807) is 31.4 Å². The first kappa shape index (κ1) is 20.5. The van der Waals surface area contributed by atoms with Gasteiger partial charge in [0.15, 0.2) is 0 Å². The van der Waals surface area contributed by atoms with E-state index in [0.717, 1.165) is 18.4 Å².